The van der Waals surface area contributed by atoms with E-state index >= 15 is 0 Å². The van der Waals surface area contributed by atoms with Crippen molar-refractivity contribution in [2.75, 3.05) is 20.1 Å². The number of rotatable bonds is 5. The first kappa shape index (κ1) is 15.9. The monoisotopic (exact) mass is 308 g/mol. The maximum absolute atomic E-state index is 12.3. The summed E-state index contributed by atoms with van der Waals surface area (Å²) in [5, 5.41) is 0. The minimum absolute atomic E-state index is 0.156. The van der Waals surface area contributed by atoms with E-state index in [0.717, 1.165) is 23.5 Å². The van der Waals surface area contributed by atoms with Gasteiger partial charge in [-0.05, 0) is 68.6 Å². The number of pyridine rings is 1. The van der Waals surface area contributed by atoms with Crippen LogP contribution in [0.25, 0.3) is 0 Å². The maximum Gasteiger partial charge on any atom is 0.167 e. The lowest BCUT2D eigenvalue weighted by molar-refractivity contribution is 0.0993. The summed E-state index contributed by atoms with van der Waals surface area (Å²) in [6, 6.07) is 12.1. The van der Waals surface area contributed by atoms with E-state index in [1.165, 1.54) is 31.5 Å². The quantitative estimate of drug-likeness (QED) is 0.794. The fourth-order valence-corrected chi connectivity index (χ4v) is 3.29. The highest BCUT2D eigenvalue weighted by Gasteiger charge is 2.17. The van der Waals surface area contributed by atoms with E-state index in [1.807, 2.05) is 0 Å². The van der Waals surface area contributed by atoms with Crippen molar-refractivity contribution in [2.24, 2.45) is 5.92 Å². The number of hydrogen-bond donors (Lipinski definition) is 0. The Hall–Kier alpha value is -2.00. The molecule has 0 spiro atoms. The highest BCUT2D eigenvalue weighted by atomic mass is 16.1. The van der Waals surface area contributed by atoms with Crippen LogP contribution in [0, 0.1) is 5.92 Å². The highest BCUT2D eigenvalue weighted by Crippen LogP contribution is 2.21. The van der Waals surface area contributed by atoms with Crippen molar-refractivity contribution in [3.63, 3.8) is 0 Å². The molecule has 0 bridgehead atoms. The van der Waals surface area contributed by atoms with Gasteiger partial charge in [0.15, 0.2) is 5.78 Å². The van der Waals surface area contributed by atoms with Crippen LogP contribution in [-0.2, 0) is 12.8 Å². The Labute approximate surface area is 138 Å². The standard InChI is InChI=1S/C20H24N2O/c1-22-11-7-16(8-12-22)13-17-3-2-4-18(14-17)15-20(23)19-5-9-21-10-6-19/h2-6,9-10,14,16H,7-8,11-13,15H2,1H3. The van der Waals surface area contributed by atoms with E-state index in [4.69, 9.17) is 0 Å². The Balaban J connectivity index is 1.62. The molecule has 120 valence electrons. The van der Waals surface area contributed by atoms with Crippen LogP contribution in [0.1, 0.15) is 34.3 Å². The molecule has 0 amide bonds. The molecule has 1 aromatic carbocycles. The van der Waals surface area contributed by atoms with Gasteiger partial charge in [0, 0.05) is 24.4 Å². The second kappa shape index (κ2) is 7.51. The summed E-state index contributed by atoms with van der Waals surface area (Å²) in [6.45, 7) is 2.40. The normalized spacial score (nSPS) is 16.4. The number of likely N-dealkylation sites (tertiary alicyclic amines) is 1. The Bertz CT molecular complexity index is 646. The molecule has 1 aromatic heterocycles. The van der Waals surface area contributed by atoms with E-state index in [9.17, 15) is 4.79 Å². The second-order valence-electron chi connectivity index (χ2n) is 6.61. The second-order valence-corrected chi connectivity index (χ2v) is 6.61. The first-order valence-corrected chi connectivity index (χ1v) is 8.40. The molecular weight excluding hydrogens is 284 g/mol. The maximum atomic E-state index is 12.3. The SMILES string of the molecule is CN1CCC(Cc2cccc(CC(=O)c3ccncc3)c2)CC1. The lowest BCUT2D eigenvalue weighted by Gasteiger charge is -2.29. The number of benzene rings is 1. The average molecular weight is 308 g/mol. The molecule has 23 heavy (non-hydrogen) atoms. The summed E-state index contributed by atoms with van der Waals surface area (Å²) in [6.07, 6.45) is 7.48. The molecule has 0 saturated carbocycles. The molecule has 0 atom stereocenters. The van der Waals surface area contributed by atoms with Crippen LogP contribution >= 0.6 is 0 Å². The summed E-state index contributed by atoms with van der Waals surface area (Å²) in [4.78, 5) is 18.7. The number of carbonyl (C=O) groups is 1. The molecular formula is C20H24N2O. The molecule has 2 aromatic rings. The van der Waals surface area contributed by atoms with E-state index in [2.05, 4.69) is 41.2 Å². The third kappa shape index (κ3) is 4.49. The predicted octanol–water partition coefficient (Wildman–Crippen LogP) is 3.39. The fourth-order valence-electron chi connectivity index (χ4n) is 3.29. The summed E-state index contributed by atoms with van der Waals surface area (Å²) in [7, 11) is 2.20. The lowest BCUT2D eigenvalue weighted by Crippen LogP contribution is -2.30. The van der Waals surface area contributed by atoms with Gasteiger partial charge in [-0.25, -0.2) is 0 Å². The lowest BCUT2D eigenvalue weighted by atomic mass is 9.89. The van der Waals surface area contributed by atoms with Crippen molar-refractivity contribution in [1.82, 2.24) is 9.88 Å². The topological polar surface area (TPSA) is 33.2 Å². The van der Waals surface area contributed by atoms with E-state index in [0.29, 0.717) is 6.42 Å². The van der Waals surface area contributed by atoms with E-state index in [1.54, 1.807) is 24.5 Å². The molecule has 1 aliphatic rings. The zero-order valence-corrected chi connectivity index (χ0v) is 13.7. The van der Waals surface area contributed by atoms with E-state index in [-0.39, 0.29) is 5.78 Å². The van der Waals surface area contributed by atoms with Crippen LogP contribution in [-0.4, -0.2) is 35.8 Å². The molecule has 0 aliphatic carbocycles. The first-order valence-electron chi connectivity index (χ1n) is 8.40. The number of hydrogen-bond acceptors (Lipinski definition) is 3. The molecule has 3 heteroatoms. The Morgan fingerprint density at radius 2 is 1.83 bits per heavy atom. The number of Topliss-reactive ketones (excluding diaryl/α,β-unsaturated/α-hetero) is 1. The summed E-state index contributed by atoms with van der Waals surface area (Å²) >= 11 is 0. The van der Waals surface area contributed by atoms with Gasteiger partial charge in [-0.15, -0.1) is 0 Å². The number of ketones is 1. The van der Waals surface area contributed by atoms with Crippen molar-refractivity contribution in [3.8, 4) is 0 Å². The van der Waals surface area contributed by atoms with Gasteiger partial charge in [0.25, 0.3) is 0 Å². The van der Waals surface area contributed by atoms with Gasteiger partial charge in [-0.3, -0.25) is 9.78 Å². The summed E-state index contributed by atoms with van der Waals surface area (Å²) in [5.41, 5.74) is 3.21. The fraction of sp³-hybridized carbons (Fsp3) is 0.400. The molecule has 0 radical (unpaired) electrons. The van der Waals surface area contributed by atoms with Gasteiger partial charge in [0.05, 0.1) is 0 Å². The number of carbonyl (C=O) groups excluding carboxylic acids is 1. The number of piperidine rings is 1. The Morgan fingerprint density at radius 1 is 1.13 bits per heavy atom. The van der Waals surface area contributed by atoms with Crippen LogP contribution in [0.5, 0.6) is 0 Å². The largest absolute Gasteiger partial charge is 0.306 e. The van der Waals surface area contributed by atoms with Crippen LogP contribution < -0.4 is 0 Å². The van der Waals surface area contributed by atoms with Crippen molar-refractivity contribution >= 4 is 5.78 Å². The third-order valence-electron chi connectivity index (χ3n) is 4.72. The van der Waals surface area contributed by atoms with Crippen LogP contribution in [0.15, 0.2) is 48.8 Å². The molecule has 1 fully saturated rings. The van der Waals surface area contributed by atoms with Crippen molar-refractivity contribution in [3.05, 3.63) is 65.5 Å². The molecule has 1 saturated heterocycles. The predicted molar refractivity (Wildman–Crippen MR) is 92.6 cm³/mol. The van der Waals surface area contributed by atoms with Crippen LogP contribution in [0.4, 0.5) is 0 Å². The van der Waals surface area contributed by atoms with E-state index < -0.39 is 0 Å². The highest BCUT2D eigenvalue weighted by molar-refractivity contribution is 5.97. The van der Waals surface area contributed by atoms with Crippen molar-refractivity contribution in [2.45, 2.75) is 25.7 Å². The van der Waals surface area contributed by atoms with Crippen LogP contribution in [0.3, 0.4) is 0 Å². The minimum Gasteiger partial charge on any atom is -0.306 e. The van der Waals surface area contributed by atoms with Gasteiger partial charge in [0.2, 0.25) is 0 Å². The van der Waals surface area contributed by atoms with Gasteiger partial charge in [-0.1, -0.05) is 24.3 Å². The van der Waals surface area contributed by atoms with Gasteiger partial charge >= 0.3 is 0 Å². The summed E-state index contributed by atoms with van der Waals surface area (Å²) < 4.78 is 0. The molecule has 2 heterocycles. The zero-order chi connectivity index (χ0) is 16.1. The smallest absolute Gasteiger partial charge is 0.167 e. The average Bonchev–Trinajstić information content (AvgIpc) is 2.58. The molecule has 3 nitrogen and oxygen atoms in total. The molecule has 1 aliphatic heterocycles. The first-order chi connectivity index (χ1) is 11.2. The molecule has 0 unspecified atom stereocenters. The van der Waals surface area contributed by atoms with Crippen molar-refractivity contribution < 1.29 is 4.79 Å². The van der Waals surface area contributed by atoms with Crippen LogP contribution in [0.2, 0.25) is 0 Å². The van der Waals surface area contributed by atoms with Gasteiger partial charge in [-0.2, -0.15) is 0 Å². The Kier molecular flexibility index (Phi) is 5.19. The Morgan fingerprint density at radius 3 is 2.57 bits per heavy atom. The van der Waals surface area contributed by atoms with Crippen molar-refractivity contribution in [1.29, 1.82) is 0 Å². The van der Waals surface area contributed by atoms with Gasteiger partial charge in [0.1, 0.15) is 0 Å². The zero-order valence-electron chi connectivity index (χ0n) is 13.7. The minimum atomic E-state index is 0.156. The number of nitrogens with zero attached hydrogens (tertiary/aromatic N) is 2. The summed E-state index contributed by atoms with van der Waals surface area (Å²) in [5.74, 6) is 0.932. The third-order valence-corrected chi connectivity index (χ3v) is 4.72. The number of aromatic nitrogens is 1. The van der Waals surface area contributed by atoms with Gasteiger partial charge < -0.3 is 4.90 Å². The molecule has 0 N–H and O–H groups in total. The molecule has 3 rings (SSSR count).